The average molecular weight is 324 g/mol. The Labute approximate surface area is 128 Å². The third-order valence-electron chi connectivity index (χ3n) is 4.04. The quantitative estimate of drug-likeness (QED) is 0.789. The monoisotopic (exact) mass is 324 g/mol. The van der Waals surface area contributed by atoms with Crippen molar-refractivity contribution in [1.82, 2.24) is 5.32 Å². The number of rotatable bonds is 3. The van der Waals surface area contributed by atoms with Crippen molar-refractivity contribution in [3.63, 3.8) is 0 Å². The zero-order chi connectivity index (χ0) is 15.9. The minimum atomic E-state index is -4.33. The van der Waals surface area contributed by atoms with Gasteiger partial charge in [0.25, 0.3) is 10.1 Å². The number of hydrogen-bond acceptors (Lipinski definition) is 5. The van der Waals surface area contributed by atoms with Gasteiger partial charge in [-0.05, 0) is 24.6 Å². The van der Waals surface area contributed by atoms with E-state index in [9.17, 15) is 18.0 Å². The Morgan fingerprint density at radius 3 is 2.68 bits per heavy atom. The number of carbonyl (C=O) groups excluding carboxylic acids is 2. The molecule has 118 valence electrons. The van der Waals surface area contributed by atoms with Gasteiger partial charge in [-0.15, -0.1) is 0 Å². The second-order valence-corrected chi connectivity index (χ2v) is 7.00. The molecule has 0 aliphatic carbocycles. The van der Waals surface area contributed by atoms with Gasteiger partial charge in [0.05, 0.1) is 4.90 Å². The predicted octanol–water partition coefficient (Wildman–Crippen LogP) is 0.605. The average Bonchev–Trinajstić information content (AvgIpc) is 2.86. The number of Topliss-reactive ketones (excluding diaryl/α,β-unsaturated/α-hetero) is 1. The summed E-state index contributed by atoms with van der Waals surface area (Å²) in [6.07, 6.45) is 1.54. The first kappa shape index (κ1) is 15.0. The fraction of sp³-hybridized carbons (Fsp3) is 0.429. The molecule has 2 N–H and O–H groups in total. The summed E-state index contributed by atoms with van der Waals surface area (Å²) in [5.74, 6) is -0.118. The number of fused-ring (bicyclic) bond motifs is 1. The van der Waals surface area contributed by atoms with Gasteiger partial charge in [0.15, 0.2) is 5.78 Å². The summed E-state index contributed by atoms with van der Waals surface area (Å²) in [4.78, 5) is 25.0. The van der Waals surface area contributed by atoms with E-state index in [1.54, 1.807) is 0 Å². The van der Waals surface area contributed by atoms with Gasteiger partial charge < -0.3 is 10.2 Å². The largest absolute Gasteiger partial charge is 0.368 e. The number of nitrogens with zero attached hydrogens (tertiary/aromatic N) is 1. The third kappa shape index (κ3) is 2.84. The standard InChI is InChI=1S/C14H16N2O5S/c17-13-5-6-16(8-9-1-4-14(18)15-9)12-3-2-10(7-11(12)13)22(19,20)21/h2-3,7,9H,1,4-6,8H2,(H,15,18)(H,19,20,21). The highest BCUT2D eigenvalue weighted by molar-refractivity contribution is 7.85. The van der Waals surface area contributed by atoms with Crippen LogP contribution in [0.4, 0.5) is 5.69 Å². The molecule has 22 heavy (non-hydrogen) atoms. The molecule has 1 atom stereocenters. The Bertz CT molecular complexity index is 744. The van der Waals surface area contributed by atoms with Crippen molar-refractivity contribution < 1.29 is 22.6 Å². The summed E-state index contributed by atoms with van der Waals surface area (Å²) < 4.78 is 31.5. The van der Waals surface area contributed by atoms with E-state index >= 15 is 0 Å². The smallest absolute Gasteiger partial charge is 0.294 e. The zero-order valence-corrected chi connectivity index (χ0v) is 12.6. The number of nitrogens with one attached hydrogen (secondary N) is 1. The predicted molar refractivity (Wildman–Crippen MR) is 78.6 cm³/mol. The number of carbonyl (C=O) groups is 2. The van der Waals surface area contributed by atoms with E-state index in [1.165, 1.54) is 18.2 Å². The van der Waals surface area contributed by atoms with Gasteiger partial charge in [0.1, 0.15) is 0 Å². The molecule has 3 rings (SSSR count). The molecule has 8 heteroatoms. The van der Waals surface area contributed by atoms with E-state index in [1.807, 2.05) is 4.90 Å². The molecule has 2 aliphatic rings. The molecule has 1 unspecified atom stereocenters. The van der Waals surface area contributed by atoms with Crippen LogP contribution in [0.25, 0.3) is 0 Å². The van der Waals surface area contributed by atoms with Crippen molar-refractivity contribution in [2.75, 3.05) is 18.0 Å². The second kappa shape index (κ2) is 5.36. The van der Waals surface area contributed by atoms with Crippen LogP contribution < -0.4 is 10.2 Å². The Hall–Kier alpha value is -1.93. The first-order chi connectivity index (χ1) is 10.3. The van der Waals surface area contributed by atoms with Crippen LogP contribution in [0.1, 0.15) is 29.6 Å². The number of ketones is 1. The van der Waals surface area contributed by atoms with Crippen LogP contribution in [0, 0.1) is 0 Å². The van der Waals surface area contributed by atoms with Crippen molar-refractivity contribution in [3.8, 4) is 0 Å². The maximum absolute atomic E-state index is 12.0. The summed E-state index contributed by atoms with van der Waals surface area (Å²) >= 11 is 0. The zero-order valence-electron chi connectivity index (χ0n) is 11.8. The van der Waals surface area contributed by atoms with Crippen LogP contribution in [0.15, 0.2) is 23.1 Å². The fourth-order valence-corrected chi connectivity index (χ4v) is 3.44. The van der Waals surface area contributed by atoms with Gasteiger partial charge in [-0.1, -0.05) is 0 Å². The number of hydrogen-bond donors (Lipinski definition) is 2. The highest BCUT2D eigenvalue weighted by Crippen LogP contribution is 2.30. The minimum absolute atomic E-state index is 0.0278. The molecule has 2 aliphatic heterocycles. The topological polar surface area (TPSA) is 104 Å². The van der Waals surface area contributed by atoms with E-state index < -0.39 is 10.1 Å². The molecule has 0 radical (unpaired) electrons. The number of benzene rings is 1. The normalized spacial score (nSPS) is 21.7. The van der Waals surface area contributed by atoms with Crippen LogP contribution in [0.2, 0.25) is 0 Å². The van der Waals surface area contributed by atoms with Crippen LogP contribution >= 0.6 is 0 Å². The summed E-state index contributed by atoms with van der Waals surface area (Å²) in [6, 6.07) is 4.07. The maximum Gasteiger partial charge on any atom is 0.294 e. The van der Waals surface area contributed by atoms with Gasteiger partial charge in [-0.3, -0.25) is 14.1 Å². The maximum atomic E-state index is 12.0. The van der Waals surface area contributed by atoms with Crippen molar-refractivity contribution in [2.24, 2.45) is 0 Å². The van der Waals surface area contributed by atoms with E-state index in [4.69, 9.17) is 4.55 Å². The van der Waals surface area contributed by atoms with Gasteiger partial charge in [-0.25, -0.2) is 0 Å². The molecule has 0 aromatic heterocycles. The lowest BCUT2D eigenvalue weighted by Crippen LogP contribution is -2.42. The first-order valence-corrected chi connectivity index (χ1v) is 8.47. The summed E-state index contributed by atoms with van der Waals surface area (Å²) in [7, 11) is -4.33. The van der Waals surface area contributed by atoms with E-state index in [0.29, 0.717) is 30.8 Å². The molecule has 2 heterocycles. The van der Waals surface area contributed by atoms with Crippen LogP contribution in [-0.4, -0.2) is 43.8 Å². The van der Waals surface area contributed by atoms with Crippen molar-refractivity contribution in [2.45, 2.75) is 30.2 Å². The molecular formula is C14H16N2O5S. The second-order valence-electron chi connectivity index (χ2n) is 5.58. The van der Waals surface area contributed by atoms with E-state index in [-0.39, 0.29) is 29.0 Å². The molecule has 1 saturated heterocycles. The Kier molecular flexibility index (Phi) is 3.65. The highest BCUT2D eigenvalue weighted by atomic mass is 32.2. The Balaban J connectivity index is 1.90. The Morgan fingerprint density at radius 2 is 2.05 bits per heavy atom. The highest BCUT2D eigenvalue weighted by Gasteiger charge is 2.29. The summed E-state index contributed by atoms with van der Waals surface area (Å²) in [5.41, 5.74) is 0.940. The molecule has 1 fully saturated rings. The Morgan fingerprint density at radius 1 is 1.27 bits per heavy atom. The first-order valence-electron chi connectivity index (χ1n) is 7.03. The SMILES string of the molecule is O=C1CCC(CN2CCC(=O)c3cc(S(=O)(=O)O)ccc32)N1. The lowest BCUT2D eigenvalue weighted by molar-refractivity contribution is -0.119. The molecule has 1 aromatic rings. The number of amides is 1. The van der Waals surface area contributed by atoms with Crippen molar-refractivity contribution >= 4 is 27.5 Å². The minimum Gasteiger partial charge on any atom is -0.368 e. The van der Waals surface area contributed by atoms with Crippen molar-refractivity contribution in [3.05, 3.63) is 23.8 Å². The third-order valence-corrected chi connectivity index (χ3v) is 4.89. The van der Waals surface area contributed by atoms with Crippen LogP contribution in [0.3, 0.4) is 0 Å². The fourth-order valence-electron chi connectivity index (χ4n) is 2.94. The molecule has 1 aromatic carbocycles. The molecule has 0 bridgehead atoms. The van der Waals surface area contributed by atoms with Gasteiger partial charge in [0, 0.05) is 43.2 Å². The summed E-state index contributed by atoms with van der Waals surface area (Å²) in [5, 5.41) is 2.88. The number of anilines is 1. The molecule has 7 nitrogen and oxygen atoms in total. The lowest BCUT2D eigenvalue weighted by Gasteiger charge is -2.32. The van der Waals surface area contributed by atoms with Gasteiger partial charge in [-0.2, -0.15) is 8.42 Å². The van der Waals surface area contributed by atoms with Crippen molar-refractivity contribution in [1.29, 1.82) is 0 Å². The van der Waals surface area contributed by atoms with Crippen LogP contribution in [0.5, 0.6) is 0 Å². The molecule has 1 amide bonds. The summed E-state index contributed by atoms with van der Waals surface area (Å²) in [6.45, 7) is 1.11. The van der Waals surface area contributed by atoms with E-state index in [2.05, 4.69) is 5.32 Å². The molecule has 0 saturated carbocycles. The van der Waals surface area contributed by atoms with Gasteiger partial charge >= 0.3 is 0 Å². The molecule has 0 spiro atoms. The molecular weight excluding hydrogens is 308 g/mol. The van der Waals surface area contributed by atoms with Crippen LogP contribution in [-0.2, 0) is 14.9 Å². The van der Waals surface area contributed by atoms with Gasteiger partial charge in [0.2, 0.25) is 5.91 Å². The lowest BCUT2D eigenvalue weighted by atomic mass is 9.99. The van der Waals surface area contributed by atoms with E-state index in [0.717, 1.165) is 6.42 Å².